The van der Waals surface area contributed by atoms with Gasteiger partial charge < -0.3 is 0 Å². The van der Waals surface area contributed by atoms with Crippen LogP contribution >= 0.6 is 0 Å². The minimum absolute atomic E-state index is 0.0515. The number of piperidine rings is 2. The second kappa shape index (κ2) is 14.3. The van der Waals surface area contributed by atoms with E-state index in [9.17, 15) is 27.6 Å². The molecule has 4 saturated heterocycles. The molecule has 4 nitrogen and oxygen atoms in total. The summed E-state index contributed by atoms with van der Waals surface area (Å²) in [7, 11) is 0. The normalized spacial score (nSPS) is 24.9. The quantitative estimate of drug-likeness (QED) is 0.193. The fraction of sp³-hybridized carbons (Fsp3) is 0.366. The van der Waals surface area contributed by atoms with Crippen LogP contribution in [0.4, 0.5) is 17.6 Å². The van der Waals surface area contributed by atoms with E-state index in [1.54, 1.807) is 72.8 Å². The van der Waals surface area contributed by atoms with Gasteiger partial charge in [0.1, 0.15) is 29.1 Å². The predicted octanol–water partition coefficient (Wildman–Crippen LogP) is 9.07. The number of hydrogen-bond donors (Lipinski definition) is 0. The van der Waals surface area contributed by atoms with Crippen molar-refractivity contribution < 1.29 is 22.4 Å². The molecule has 4 aliphatic rings. The highest BCUT2D eigenvalue weighted by Crippen LogP contribution is 2.47. The standard InChI is InChI=1S/C21H20F2N2.C20H19F2NO/c22-19-7-3-1-5-17(19)21(18-6-2-4-8-20(18)23)25-15-9-10-16(25)12-14(11-15)13-24;21-18-7-3-1-5-16(18)20(17-6-2-4-8-19(17)22)23-13-9-10-14(23)12-15(24)11-13/h1-8,14-16,21H,9-12H2;1-8,13-14,20H,9-12H2. The molecular weight excluding hydrogens is 626 g/mol. The first-order valence-electron chi connectivity index (χ1n) is 17.3. The van der Waals surface area contributed by atoms with Crippen molar-refractivity contribution >= 4 is 5.78 Å². The molecule has 0 aliphatic carbocycles. The Bertz CT molecular complexity index is 1740. The lowest BCUT2D eigenvalue weighted by Crippen LogP contribution is -2.46. The maximum absolute atomic E-state index is 14.6. The van der Waals surface area contributed by atoms with Crippen LogP contribution in [0.3, 0.4) is 0 Å². The Morgan fingerprint density at radius 3 is 1.16 bits per heavy atom. The zero-order valence-electron chi connectivity index (χ0n) is 27.2. The van der Waals surface area contributed by atoms with Crippen LogP contribution in [0.25, 0.3) is 0 Å². The third-order valence-corrected chi connectivity index (χ3v) is 11.0. The topological polar surface area (TPSA) is 47.3 Å². The third-order valence-electron chi connectivity index (χ3n) is 11.0. The van der Waals surface area contributed by atoms with Gasteiger partial charge in [-0.1, -0.05) is 72.8 Å². The molecule has 252 valence electrons. The van der Waals surface area contributed by atoms with Crippen LogP contribution < -0.4 is 0 Å². The zero-order chi connectivity index (χ0) is 34.1. The number of nitrogens with zero attached hydrogens (tertiary/aromatic N) is 3. The molecule has 4 unspecified atom stereocenters. The largest absolute Gasteiger partial charge is 0.300 e. The van der Waals surface area contributed by atoms with Gasteiger partial charge >= 0.3 is 0 Å². The number of ketones is 1. The number of rotatable bonds is 6. The summed E-state index contributed by atoms with van der Waals surface area (Å²) < 4.78 is 58.4. The lowest BCUT2D eigenvalue weighted by atomic mass is 9.87. The summed E-state index contributed by atoms with van der Waals surface area (Å²) in [6.45, 7) is 0. The number of carbonyl (C=O) groups excluding carboxylic acids is 1. The number of fused-ring (bicyclic) bond motifs is 4. The molecule has 4 atom stereocenters. The molecule has 0 spiro atoms. The second-order valence-corrected chi connectivity index (χ2v) is 13.8. The lowest BCUT2D eigenvalue weighted by Gasteiger charge is -2.42. The van der Waals surface area contributed by atoms with Gasteiger partial charge in [-0.15, -0.1) is 0 Å². The van der Waals surface area contributed by atoms with Gasteiger partial charge in [0.25, 0.3) is 0 Å². The van der Waals surface area contributed by atoms with Crippen LogP contribution in [0.15, 0.2) is 97.1 Å². The zero-order valence-corrected chi connectivity index (χ0v) is 27.2. The van der Waals surface area contributed by atoms with Crippen LogP contribution in [0, 0.1) is 40.5 Å². The predicted molar refractivity (Wildman–Crippen MR) is 179 cm³/mol. The van der Waals surface area contributed by atoms with Gasteiger partial charge in [0.15, 0.2) is 0 Å². The van der Waals surface area contributed by atoms with Crippen LogP contribution in [0.5, 0.6) is 0 Å². The monoisotopic (exact) mass is 665 g/mol. The van der Waals surface area contributed by atoms with E-state index < -0.39 is 12.1 Å². The van der Waals surface area contributed by atoms with Crippen molar-refractivity contribution in [3.8, 4) is 6.07 Å². The first kappa shape index (κ1) is 33.2. The third kappa shape index (κ3) is 6.54. The van der Waals surface area contributed by atoms with Crippen LogP contribution in [0.1, 0.15) is 85.7 Å². The molecular formula is C41H39F4N3O. The molecule has 4 aliphatic heterocycles. The minimum atomic E-state index is -0.488. The van der Waals surface area contributed by atoms with E-state index in [1.807, 2.05) is 0 Å². The Morgan fingerprint density at radius 1 is 0.531 bits per heavy atom. The molecule has 8 heteroatoms. The van der Waals surface area contributed by atoms with E-state index >= 15 is 0 Å². The van der Waals surface area contributed by atoms with Crippen molar-refractivity contribution in [2.75, 3.05) is 0 Å². The molecule has 4 fully saturated rings. The highest BCUT2D eigenvalue weighted by Gasteiger charge is 2.47. The van der Waals surface area contributed by atoms with Gasteiger partial charge in [-0.2, -0.15) is 5.26 Å². The van der Waals surface area contributed by atoms with Gasteiger partial charge in [0.05, 0.1) is 18.2 Å². The van der Waals surface area contributed by atoms with Gasteiger partial charge in [0.2, 0.25) is 0 Å². The molecule has 0 N–H and O–H groups in total. The van der Waals surface area contributed by atoms with Gasteiger partial charge in [-0.25, -0.2) is 17.6 Å². The number of Topliss-reactive ketones (excluding diaryl/α,β-unsaturated/α-hetero) is 1. The summed E-state index contributed by atoms with van der Waals surface area (Å²) in [5.74, 6) is -0.963. The van der Waals surface area contributed by atoms with Crippen molar-refractivity contribution in [2.24, 2.45) is 5.92 Å². The van der Waals surface area contributed by atoms with Crippen molar-refractivity contribution in [3.05, 3.63) is 143 Å². The Balaban J connectivity index is 0.000000154. The number of hydrogen-bond acceptors (Lipinski definition) is 4. The summed E-state index contributed by atoms with van der Waals surface area (Å²) in [6, 6.07) is 28.4. The Hall–Kier alpha value is -4.32. The average molecular weight is 666 g/mol. The summed E-state index contributed by atoms with van der Waals surface area (Å²) in [5, 5.41) is 9.31. The lowest BCUT2D eigenvalue weighted by molar-refractivity contribution is -0.124. The molecule has 49 heavy (non-hydrogen) atoms. The molecule has 8 rings (SSSR count). The van der Waals surface area contributed by atoms with E-state index in [0.29, 0.717) is 35.1 Å². The maximum atomic E-state index is 14.6. The average Bonchev–Trinajstić information content (AvgIpc) is 3.51. The Labute approximate surface area is 285 Å². The summed E-state index contributed by atoms with van der Waals surface area (Å²) in [5.41, 5.74) is 1.99. The smallest absolute Gasteiger partial charge is 0.136 e. The van der Waals surface area contributed by atoms with Gasteiger partial charge in [-0.3, -0.25) is 14.6 Å². The van der Waals surface area contributed by atoms with Crippen molar-refractivity contribution in [2.45, 2.75) is 87.6 Å². The summed E-state index contributed by atoms with van der Waals surface area (Å²) >= 11 is 0. The van der Waals surface area contributed by atoms with Crippen molar-refractivity contribution in [3.63, 3.8) is 0 Å². The van der Waals surface area contributed by atoms with Gasteiger partial charge in [-0.05, 0) is 62.8 Å². The van der Waals surface area contributed by atoms with E-state index in [1.165, 1.54) is 24.3 Å². The van der Waals surface area contributed by atoms with E-state index in [-0.39, 0.29) is 59.1 Å². The van der Waals surface area contributed by atoms with Crippen molar-refractivity contribution in [1.82, 2.24) is 9.80 Å². The molecule has 0 aromatic heterocycles. The molecule has 4 heterocycles. The number of nitriles is 1. The first-order valence-corrected chi connectivity index (χ1v) is 17.3. The minimum Gasteiger partial charge on any atom is -0.300 e. The SMILES string of the molecule is N#CC1CC2CCC(C1)N2C(c1ccccc1F)c1ccccc1F.O=C1CC2CCC(C1)N2C(c1ccccc1F)c1ccccc1F. The Kier molecular flexibility index (Phi) is 9.66. The molecule has 0 radical (unpaired) electrons. The van der Waals surface area contributed by atoms with Crippen LogP contribution in [-0.2, 0) is 4.79 Å². The number of halogens is 4. The van der Waals surface area contributed by atoms with Crippen LogP contribution in [-0.4, -0.2) is 39.8 Å². The van der Waals surface area contributed by atoms with Gasteiger partial charge in [0, 0.05) is 65.2 Å². The van der Waals surface area contributed by atoms with Crippen LogP contribution in [0.2, 0.25) is 0 Å². The number of carbonyl (C=O) groups is 1. The number of benzene rings is 4. The molecule has 0 saturated carbocycles. The fourth-order valence-corrected chi connectivity index (χ4v) is 8.93. The second-order valence-electron chi connectivity index (χ2n) is 13.8. The summed E-state index contributed by atoms with van der Waals surface area (Å²) in [6.07, 6.45) is 6.33. The van der Waals surface area contributed by atoms with E-state index in [0.717, 1.165) is 38.5 Å². The first-order chi connectivity index (χ1) is 23.8. The molecule has 4 aromatic rings. The Morgan fingerprint density at radius 2 is 0.837 bits per heavy atom. The fourth-order valence-electron chi connectivity index (χ4n) is 8.93. The van der Waals surface area contributed by atoms with E-state index in [4.69, 9.17) is 0 Å². The highest BCUT2D eigenvalue weighted by atomic mass is 19.1. The van der Waals surface area contributed by atoms with Crippen molar-refractivity contribution in [1.29, 1.82) is 5.26 Å². The highest BCUT2D eigenvalue weighted by molar-refractivity contribution is 5.81. The maximum Gasteiger partial charge on any atom is 0.136 e. The molecule has 4 bridgehead atoms. The summed E-state index contributed by atoms with van der Waals surface area (Å²) in [4.78, 5) is 16.4. The van der Waals surface area contributed by atoms with E-state index in [2.05, 4.69) is 15.9 Å². The molecule has 0 amide bonds. The molecule has 4 aromatic carbocycles.